The Labute approximate surface area is 103 Å². The van der Waals surface area contributed by atoms with Gasteiger partial charge in [-0.05, 0) is 24.3 Å². The fraction of sp³-hybridized carbons (Fsp3) is 0. The Balaban J connectivity index is 2.12. The van der Waals surface area contributed by atoms with E-state index in [1.54, 1.807) is 24.5 Å². The van der Waals surface area contributed by atoms with Gasteiger partial charge in [0.1, 0.15) is 0 Å². The van der Waals surface area contributed by atoms with Gasteiger partial charge in [-0.1, -0.05) is 18.2 Å². The first-order valence-electron chi connectivity index (χ1n) is 5.49. The molecular weight excluding hydrogens is 228 g/mol. The van der Waals surface area contributed by atoms with E-state index in [0.717, 1.165) is 5.69 Å². The van der Waals surface area contributed by atoms with Gasteiger partial charge in [-0.3, -0.25) is 9.78 Å². The maximum Gasteiger partial charge on any atom is 0.299 e. The molecule has 0 amide bonds. The van der Waals surface area contributed by atoms with Gasteiger partial charge in [0.25, 0.3) is 5.56 Å². The molecule has 1 N–H and O–H groups in total. The minimum absolute atomic E-state index is 0.186. The molecule has 0 fully saturated rings. The lowest BCUT2D eigenvalue weighted by molar-refractivity contribution is 0.786. The minimum atomic E-state index is -0.186. The second-order valence-electron chi connectivity index (χ2n) is 3.78. The van der Waals surface area contributed by atoms with E-state index in [1.165, 1.54) is 4.68 Å². The monoisotopic (exact) mass is 238 g/mol. The normalized spacial score (nSPS) is 10.4. The van der Waals surface area contributed by atoms with Crippen LogP contribution in [0.15, 0.2) is 59.7 Å². The number of benzene rings is 1. The summed E-state index contributed by atoms with van der Waals surface area (Å²) in [5.41, 5.74) is 1.64. The van der Waals surface area contributed by atoms with Crippen LogP contribution in [0.1, 0.15) is 0 Å². The zero-order valence-electron chi connectivity index (χ0n) is 9.45. The number of hydrogen-bond acceptors (Lipinski definition) is 3. The number of rotatable bonds is 2. The van der Waals surface area contributed by atoms with Crippen LogP contribution in [0.3, 0.4) is 0 Å². The molecule has 2 heterocycles. The molecule has 0 aliphatic heterocycles. The van der Waals surface area contributed by atoms with Crippen molar-refractivity contribution in [1.29, 1.82) is 0 Å². The Kier molecular flexibility index (Phi) is 2.49. The Morgan fingerprint density at radius 3 is 2.61 bits per heavy atom. The van der Waals surface area contributed by atoms with Crippen molar-refractivity contribution in [2.75, 3.05) is 0 Å². The first kappa shape index (κ1) is 10.5. The van der Waals surface area contributed by atoms with E-state index in [-0.39, 0.29) is 5.56 Å². The quantitative estimate of drug-likeness (QED) is 0.738. The molecular formula is C13H10N4O. The predicted octanol–water partition coefficient (Wildman–Crippen LogP) is 1.62. The third-order valence-corrected chi connectivity index (χ3v) is 2.62. The molecule has 0 atom stereocenters. The van der Waals surface area contributed by atoms with Gasteiger partial charge in [0, 0.05) is 18.0 Å². The van der Waals surface area contributed by atoms with Gasteiger partial charge in [-0.25, -0.2) is 9.90 Å². The summed E-state index contributed by atoms with van der Waals surface area (Å²) in [4.78, 5) is 16.2. The predicted molar refractivity (Wildman–Crippen MR) is 67.4 cm³/mol. The van der Waals surface area contributed by atoms with Gasteiger partial charge in [-0.2, -0.15) is 5.10 Å². The molecule has 0 saturated heterocycles. The van der Waals surface area contributed by atoms with Gasteiger partial charge in [0.15, 0.2) is 5.69 Å². The maximum atomic E-state index is 12.2. The molecule has 3 aromatic rings. The van der Waals surface area contributed by atoms with Gasteiger partial charge in [-0.15, -0.1) is 0 Å². The van der Waals surface area contributed by atoms with E-state index in [9.17, 15) is 4.79 Å². The molecule has 88 valence electrons. The summed E-state index contributed by atoms with van der Waals surface area (Å²) in [7, 11) is 0. The summed E-state index contributed by atoms with van der Waals surface area (Å²) in [5.74, 6) is 0. The number of aromatic nitrogens is 4. The Morgan fingerprint density at radius 1 is 1.06 bits per heavy atom. The zero-order chi connectivity index (χ0) is 12.4. The topological polar surface area (TPSA) is 63.6 Å². The van der Waals surface area contributed by atoms with Crippen LogP contribution in [0.25, 0.3) is 16.9 Å². The lowest BCUT2D eigenvalue weighted by Gasteiger charge is -1.97. The molecule has 0 spiro atoms. The summed E-state index contributed by atoms with van der Waals surface area (Å²) in [6, 6.07) is 12.9. The highest BCUT2D eigenvalue weighted by Gasteiger charge is 2.11. The fourth-order valence-corrected chi connectivity index (χ4v) is 1.74. The fourth-order valence-electron chi connectivity index (χ4n) is 1.74. The second-order valence-corrected chi connectivity index (χ2v) is 3.78. The van der Waals surface area contributed by atoms with Crippen molar-refractivity contribution in [1.82, 2.24) is 20.0 Å². The van der Waals surface area contributed by atoms with Crippen molar-refractivity contribution in [2.45, 2.75) is 0 Å². The number of hydrogen-bond donors (Lipinski definition) is 1. The largest absolute Gasteiger partial charge is 0.299 e. The van der Waals surface area contributed by atoms with Crippen LogP contribution >= 0.6 is 0 Å². The number of pyridine rings is 1. The lowest BCUT2D eigenvalue weighted by Crippen LogP contribution is -2.15. The van der Waals surface area contributed by atoms with E-state index >= 15 is 0 Å². The number of para-hydroxylation sites is 1. The van der Waals surface area contributed by atoms with E-state index in [1.807, 2.05) is 30.3 Å². The number of nitrogens with one attached hydrogen (secondary N) is 1. The summed E-state index contributed by atoms with van der Waals surface area (Å²) in [6.45, 7) is 0. The molecule has 18 heavy (non-hydrogen) atoms. The number of nitrogens with zero attached hydrogens (tertiary/aromatic N) is 3. The smallest absolute Gasteiger partial charge is 0.265 e. The average molecular weight is 238 g/mol. The number of H-pyrrole nitrogens is 1. The molecule has 2 aromatic heterocycles. The van der Waals surface area contributed by atoms with E-state index in [2.05, 4.69) is 15.3 Å². The van der Waals surface area contributed by atoms with Gasteiger partial charge < -0.3 is 0 Å². The van der Waals surface area contributed by atoms with Gasteiger partial charge in [0.2, 0.25) is 0 Å². The van der Waals surface area contributed by atoms with Crippen LogP contribution in [-0.2, 0) is 0 Å². The molecule has 0 bridgehead atoms. The first-order chi connectivity index (χ1) is 8.86. The lowest BCUT2D eigenvalue weighted by atomic mass is 10.2. The molecule has 5 nitrogen and oxygen atoms in total. The molecule has 0 radical (unpaired) electrons. The highest BCUT2D eigenvalue weighted by Crippen LogP contribution is 2.11. The molecule has 0 saturated carbocycles. The third-order valence-electron chi connectivity index (χ3n) is 2.62. The average Bonchev–Trinajstić information content (AvgIpc) is 2.83. The van der Waals surface area contributed by atoms with Crippen LogP contribution in [-0.4, -0.2) is 20.0 Å². The van der Waals surface area contributed by atoms with E-state index in [4.69, 9.17) is 0 Å². The first-order valence-corrected chi connectivity index (χ1v) is 5.49. The van der Waals surface area contributed by atoms with Crippen molar-refractivity contribution >= 4 is 0 Å². The van der Waals surface area contributed by atoms with Gasteiger partial charge in [0.05, 0.1) is 5.69 Å². The number of aromatic amines is 1. The standard InChI is InChI=1S/C13H10N4O/c18-13-12(10-5-4-8-14-9-10)15-16-17(13)11-6-2-1-3-7-11/h1-9,16H. The van der Waals surface area contributed by atoms with Crippen molar-refractivity contribution in [3.05, 3.63) is 65.2 Å². The summed E-state index contributed by atoms with van der Waals surface area (Å²) >= 11 is 0. The summed E-state index contributed by atoms with van der Waals surface area (Å²) in [5, 5.41) is 6.76. The second kappa shape index (κ2) is 4.29. The van der Waals surface area contributed by atoms with Crippen molar-refractivity contribution in [3.8, 4) is 16.9 Å². The van der Waals surface area contributed by atoms with E-state index < -0.39 is 0 Å². The molecule has 1 aromatic carbocycles. The highest BCUT2D eigenvalue weighted by atomic mass is 16.1. The molecule has 3 rings (SSSR count). The van der Waals surface area contributed by atoms with Crippen LogP contribution in [0.4, 0.5) is 0 Å². The highest BCUT2D eigenvalue weighted by molar-refractivity contribution is 5.56. The summed E-state index contributed by atoms with van der Waals surface area (Å²) < 4.78 is 1.41. The SMILES string of the molecule is O=c1c(-c2cccnc2)n[nH]n1-c1ccccc1. The van der Waals surface area contributed by atoms with Crippen LogP contribution in [0.5, 0.6) is 0 Å². The van der Waals surface area contributed by atoms with Crippen LogP contribution in [0.2, 0.25) is 0 Å². The minimum Gasteiger partial charge on any atom is -0.265 e. The van der Waals surface area contributed by atoms with Crippen molar-refractivity contribution in [3.63, 3.8) is 0 Å². The Bertz CT molecular complexity index is 641. The van der Waals surface area contributed by atoms with E-state index in [0.29, 0.717) is 11.3 Å². The maximum absolute atomic E-state index is 12.2. The molecule has 0 aliphatic carbocycles. The van der Waals surface area contributed by atoms with Gasteiger partial charge >= 0.3 is 0 Å². The Hall–Kier alpha value is -2.69. The Morgan fingerprint density at radius 2 is 1.89 bits per heavy atom. The molecule has 0 aliphatic rings. The summed E-state index contributed by atoms with van der Waals surface area (Å²) in [6.07, 6.45) is 3.28. The van der Waals surface area contributed by atoms with Crippen molar-refractivity contribution < 1.29 is 0 Å². The molecule has 5 heteroatoms. The third kappa shape index (κ3) is 1.71. The molecule has 0 unspecified atom stereocenters. The van der Waals surface area contributed by atoms with Crippen molar-refractivity contribution in [2.24, 2.45) is 0 Å². The van der Waals surface area contributed by atoms with Crippen LogP contribution < -0.4 is 5.56 Å². The van der Waals surface area contributed by atoms with Crippen LogP contribution in [0, 0.1) is 0 Å². The zero-order valence-corrected chi connectivity index (χ0v) is 9.45.